The second kappa shape index (κ2) is 13.0. The van der Waals surface area contributed by atoms with Gasteiger partial charge in [0.2, 0.25) is 0 Å². The van der Waals surface area contributed by atoms with Crippen LogP contribution in [0.3, 0.4) is 0 Å². The van der Waals surface area contributed by atoms with Gasteiger partial charge < -0.3 is 15.4 Å². The molecule has 14 heteroatoms. The number of hydrogen-bond acceptors (Lipinski definition) is 6. The molecule has 2 N–H and O–H groups in total. The van der Waals surface area contributed by atoms with Gasteiger partial charge in [0, 0.05) is 28.0 Å². The monoisotopic (exact) mass is 717 g/mol. The Morgan fingerprint density at radius 2 is 1.83 bits per heavy atom. The highest BCUT2D eigenvalue weighted by Crippen LogP contribution is 2.45. The van der Waals surface area contributed by atoms with Crippen molar-refractivity contribution in [3.8, 4) is 11.5 Å². The molecule has 1 aliphatic carbocycles. The molecule has 4 aromatic rings. The molecule has 240 valence electrons. The van der Waals surface area contributed by atoms with Crippen molar-refractivity contribution in [3.63, 3.8) is 0 Å². The van der Waals surface area contributed by atoms with Crippen LogP contribution in [0, 0.1) is 10.1 Å². The lowest BCUT2D eigenvalue weighted by molar-refractivity contribution is -0.384. The average molecular weight is 719 g/mol. The number of carbonyl (C=O) groups is 1. The molecule has 0 bridgehead atoms. The van der Waals surface area contributed by atoms with E-state index in [4.69, 9.17) is 16.3 Å². The van der Waals surface area contributed by atoms with Gasteiger partial charge in [-0.3, -0.25) is 14.9 Å². The Morgan fingerprint density at radius 3 is 2.52 bits per heavy atom. The van der Waals surface area contributed by atoms with Crippen LogP contribution in [0.4, 0.5) is 30.4 Å². The molecule has 46 heavy (non-hydrogen) atoms. The summed E-state index contributed by atoms with van der Waals surface area (Å²) in [6.07, 6.45) is 1.33. The van der Waals surface area contributed by atoms with E-state index < -0.39 is 29.1 Å². The number of nitrogens with zero attached hydrogens (tertiary/aromatic N) is 3. The number of carbonyl (C=O) groups excluding carboxylic acids is 1. The Hall–Kier alpha value is -4.10. The van der Waals surface area contributed by atoms with E-state index in [9.17, 15) is 28.1 Å². The van der Waals surface area contributed by atoms with Gasteiger partial charge >= 0.3 is 6.18 Å². The molecule has 2 unspecified atom stereocenters. The molecule has 1 amide bonds. The molecule has 1 aromatic heterocycles. The molecular weight excluding hydrogens is 691 g/mol. The molecule has 1 aliphatic heterocycles. The molecular formula is C32H28BrClF3N5O4. The quantitative estimate of drug-likeness (QED) is 0.145. The fourth-order valence-electron chi connectivity index (χ4n) is 6.13. The first-order chi connectivity index (χ1) is 22.0. The normalized spacial score (nSPS) is 18.4. The number of non-ortho nitro benzene ring substituents is 1. The minimum absolute atomic E-state index is 0.0231. The number of benzene rings is 3. The molecule has 1 saturated carbocycles. The van der Waals surface area contributed by atoms with Crippen LogP contribution < -0.4 is 15.4 Å². The summed E-state index contributed by atoms with van der Waals surface area (Å²) < 4.78 is 50.2. The van der Waals surface area contributed by atoms with E-state index in [1.165, 1.54) is 12.1 Å². The lowest BCUT2D eigenvalue weighted by Crippen LogP contribution is -2.36. The molecule has 2 atom stereocenters. The number of hydrogen-bond donors (Lipinski definition) is 2. The summed E-state index contributed by atoms with van der Waals surface area (Å²) in [4.78, 5) is 24.7. The highest BCUT2D eigenvalue weighted by Gasteiger charge is 2.47. The lowest BCUT2D eigenvalue weighted by atomic mass is 9.84. The van der Waals surface area contributed by atoms with Crippen molar-refractivity contribution in [2.45, 2.75) is 62.7 Å². The first-order valence-corrected chi connectivity index (χ1v) is 15.9. The smallest absolute Gasteiger partial charge is 0.410 e. The highest BCUT2D eigenvalue weighted by molar-refractivity contribution is 9.10. The van der Waals surface area contributed by atoms with E-state index in [1.54, 1.807) is 36.4 Å². The molecule has 6 rings (SSSR count). The SMILES string of the molecule is O=C(Nc1cc(Oc2ccc(Cl)cc2C2CCCCC2)cc([N+](=O)[O-])c1)c1cnn2c1NC(c1ccc(Br)cc1)CC2C(F)(F)F. The summed E-state index contributed by atoms with van der Waals surface area (Å²) in [6.45, 7) is 0. The molecule has 2 heterocycles. The maximum absolute atomic E-state index is 14.2. The van der Waals surface area contributed by atoms with Crippen molar-refractivity contribution >= 4 is 50.6 Å². The van der Waals surface area contributed by atoms with Gasteiger partial charge in [0.05, 0.1) is 28.9 Å². The van der Waals surface area contributed by atoms with Crippen LogP contribution in [0.2, 0.25) is 5.02 Å². The number of ether oxygens (including phenoxy) is 1. The summed E-state index contributed by atoms with van der Waals surface area (Å²) in [7, 11) is 0. The fourth-order valence-corrected chi connectivity index (χ4v) is 6.58. The standard InChI is InChI=1S/C32H28BrClF3N5O4/c33-20-8-6-19(7-9-20)27-16-29(32(35,36)37)41-30(40-27)26(17-38-41)31(43)39-22-13-23(42(44)45)15-24(14-22)46-28-11-10-21(34)12-25(28)18-4-2-1-3-5-18/h6-15,17-18,27,29,40H,1-5,16H2,(H,39,43). The third-order valence-electron chi connectivity index (χ3n) is 8.36. The van der Waals surface area contributed by atoms with Crippen molar-refractivity contribution in [2.24, 2.45) is 0 Å². The van der Waals surface area contributed by atoms with Crippen LogP contribution in [-0.2, 0) is 0 Å². The third-order valence-corrected chi connectivity index (χ3v) is 9.12. The maximum atomic E-state index is 14.2. The Bertz CT molecular complexity index is 1780. The first-order valence-electron chi connectivity index (χ1n) is 14.7. The summed E-state index contributed by atoms with van der Waals surface area (Å²) in [6, 6.07) is 13.2. The molecule has 0 saturated heterocycles. The van der Waals surface area contributed by atoms with Crippen LogP contribution in [0.5, 0.6) is 11.5 Å². The van der Waals surface area contributed by atoms with Crippen LogP contribution in [0.15, 0.2) is 71.3 Å². The third kappa shape index (κ3) is 6.85. The van der Waals surface area contributed by atoms with Gasteiger partial charge in [0.15, 0.2) is 6.04 Å². The van der Waals surface area contributed by atoms with Gasteiger partial charge in [-0.1, -0.05) is 58.9 Å². The van der Waals surface area contributed by atoms with E-state index in [1.807, 2.05) is 6.07 Å². The van der Waals surface area contributed by atoms with Crippen molar-refractivity contribution < 1.29 is 27.6 Å². The molecule has 9 nitrogen and oxygen atoms in total. The second-order valence-corrected chi connectivity index (χ2v) is 12.8. The largest absolute Gasteiger partial charge is 0.457 e. The molecule has 0 radical (unpaired) electrons. The molecule has 0 spiro atoms. The fraction of sp³-hybridized carbons (Fsp3) is 0.312. The Morgan fingerprint density at radius 1 is 1.09 bits per heavy atom. The summed E-state index contributed by atoms with van der Waals surface area (Å²) in [5.41, 5.74) is 1.04. The zero-order valence-corrected chi connectivity index (χ0v) is 26.5. The van der Waals surface area contributed by atoms with Crippen molar-refractivity contribution in [1.82, 2.24) is 9.78 Å². The van der Waals surface area contributed by atoms with Gasteiger partial charge in [-0.2, -0.15) is 18.3 Å². The zero-order valence-electron chi connectivity index (χ0n) is 24.2. The van der Waals surface area contributed by atoms with Crippen molar-refractivity contribution in [3.05, 3.63) is 103 Å². The number of nitro benzene ring substituents is 1. The van der Waals surface area contributed by atoms with Gasteiger partial charge in [-0.25, -0.2) is 4.68 Å². The number of nitro groups is 1. The Labute approximate surface area is 275 Å². The number of anilines is 2. The number of fused-ring (bicyclic) bond motifs is 1. The number of amides is 1. The minimum atomic E-state index is -4.63. The summed E-state index contributed by atoms with van der Waals surface area (Å²) in [5, 5.41) is 21.9. The molecule has 1 fully saturated rings. The predicted octanol–water partition coefficient (Wildman–Crippen LogP) is 9.96. The lowest BCUT2D eigenvalue weighted by Gasteiger charge is -2.34. The van der Waals surface area contributed by atoms with E-state index in [-0.39, 0.29) is 40.8 Å². The number of nitrogens with one attached hydrogen (secondary N) is 2. The van der Waals surface area contributed by atoms with Crippen molar-refractivity contribution in [1.29, 1.82) is 0 Å². The predicted molar refractivity (Wildman–Crippen MR) is 171 cm³/mol. The Balaban J connectivity index is 1.30. The maximum Gasteiger partial charge on any atom is 0.410 e. The number of alkyl halides is 3. The van der Waals surface area contributed by atoms with Crippen LogP contribution in [0.25, 0.3) is 0 Å². The average Bonchev–Trinajstić information content (AvgIpc) is 3.46. The zero-order chi connectivity index (χ0) is 32.6. The number of aromatic nitrogens is 2. The first kappa shape index (κ1) is 31.9. The van der Waals surface area contributed by atoms with Crippen molar-refractivity contribution in [2.75, 3.05) is 10.6 Å². The van der Waals surface area contributed by atoms with E-state index >= 15 is 0 Å². The topological polar surface area (TPSA) is 111 Å². The second-order valence-electron chi connectivity index (χ2n) is 11.4. The van der Waals surface area contributed by atoms with Crippen LogP contribution in [0.1, 0.15) is 78.0 Å². The van der Waals surface area contributed by atoms with Gasteiger partial charge in [-0.05, 0) is 60.2 Å². The molecule has 3 aromatic carbocycles. The van der Waals surface area contributed by atoms with Gasteiger partial charge in [0.1, 0.15) is 22.9 Å². The summed E-state index contributed by atoms with van der Waals surface area (Å²) >= 11 is 9.64. The molecule has 2 aliphatic rings. The summed E-state index contributed by atoms with van der Waals surface area (Å²) in [5.74, 6) is -0.0816. The van der Waals surface area contributed by atoms with Gasteiger partial charge in [-0.15, -0.1) is 0 Å². The van der Waals surface area contributed by atoms with E-state index in [0.717, 1.165) is 59.1 Å². The van der Waals surface area contributed by atoms with E-state index in [2.05, 4.69) is 31.7 Å². The number of rotatable bonds is 7. The highest BCUT2D eigenvalue weighted by atomic mass is 79.9. The minimum Gasteiger partial charge on any atom is -0.457 e. The number of halogens is 5. The Kier molecular flexibility index (Phi) is 8.97. The van der Waals surface area contributed by atoms with Crippen LogP contribution in [-0.4, -0.2) is 26.8 Å². The van der Waals surface area contributed by atoms with E-state index in [0.29, 0.717) is 16.3 Å². The van der Waals surface area contributed by atoms with Crippen LogP contribution >= 0.6 is 27.5 Å². The van der Waals surface area contributed by atoms with Gasteiger partial charge in [0.25, 0.3) is 11.6 Å².